The maximum atomic E-state index is 10.8. The molecule has 2 fully saturated rings. The first kappa shape index (κ1) is 8.01. The van der Waals surface area contributed by atoms with Crippen molar-refractivity contribution >= 4 is 5.97 Å². The van der Waals surface area contributed by atoms with Crippen molar-refractivity contribution in [2.24, 2.45) is 11.8 Å². The van der Waals surface area contributed by atoms with Crippen LogP contribution in [-0.2, 0) is 9.53 Å². The molecule has 0 aliphatic carbocycles. The first-order valence-electron chi connectivity index (χ1n) is 4.33. The molecule has 0 aromatic carbocycles. The molecule has 12 heavy (non-hydrogen) atoms. The van der Waals surface area contributed by atoms with Crippen LogP contribution >= 0.6 is 0 Å². The van der Waals surface area contributed by atoms with E-state index >= 15 is 0 Å². The van der Waals surface area contributed by atoms with E-state index in [9.17, 15) is 4.79 Å². The van der Waals surface area contributed by atoms with E-state index < -0.39 is 5.97 Å². The van der Waals surface area contributed by atoms with Crippen LogP contribution in [-0.4, -0.2) is 36.9 Å². The molecule has 68 valence electrons. The molecule has 0 aromatic rings. The van der Waals surface area contributed by atoms with Crippen molar-refractivity contribution in [3.63, 3.8) is 0 Å². The molecule has 2 rings (SSSR count). The summed E-state index contributed by atoms with van der Waals surface area (Å²) in [5.74, 6) is -0.674. The highest BCUT2D eigenvalue weighted by Gasteiger charge is 2.40. The first-order valence-corrected chi connectivity index (χ1v) is 4.33. The Morgan fingerprint density at radius 2 is 2.33 bits per heavy atom. The third kappa shape index (κ3) is 1.21. The summed E-state index contributed by atoms with van der Waals surface area (Å²) in [6.07, 6.45) is 0.736. The van der Waals surface area contributed by atoms with Crippen molar-refractivity contribution in [1.82, 2.24) is 5.32 Å². The van der Waals surface area contributed by atoms with Gasteiger partial charge in [-0.3, -0.25) is 4.79 Å². The number of hydrogen-bond donors (Lipinski definition) is 2. The lowest BCUT2D eigenvalue weighted by Crippen LogP contribution is -2.47. The molecule has 0 spiro atoms. The Morgan fingerprint density at radius 3 is 3.08 bits per heavy atom. The Balaban J connectivity index is 2.08. The summed E-state index contributed by atoms with van der Waals surface area (Å²) < 4.78 is 5.25. The fourth-order valence-corrected chi connectivity index (χ4v) is 2.12. The molecule has 2 heterocycles. The Labute approximate surface area is 70.9 Å². The van der Waals surface area contributed by atoms with Gasteiger partial charge < -0.3 is 15.2 Å². The molecule has 0 bridgehead atoms. The molecule has 2 aliphatic rings. The summed E-state index contributed by atoms with van der Waals surface area (Å²) in [5, 5.41) is 12.2. The zero-order valence-corrected chi connectivity index (χ0v) is 6.82. The summed E-state index contributed by atoms with van der Waals surface area (Å²) in [7, 11) is 0. The molecule has 4 heteroatoms. The van der Waals surface area contributed by atoms with Crippen LogP contribution in [0.5, 0.6) is 0 Å². The number of fused-ring (bicyclic) bond motifs is 1. The van der Waals surface area contributed by atoms with E-state index in [2.05, 4.69) is 5.32 Å². The van der Waals surface area contributed by atoms with Crippen LogP contribution in [0.15, 0.2) is 0 Å². The van der Waals surface area contributed by atoms with E-state index in [4.69, 9.17) is 9.84 Å². The molecule has 4 nitrogen and oxygen atoms in total. The number of ether oxygens (including phenoxy) is 1. The van der Waals surface area contributed by atoms with Gasteiger partial charge in [-0.2, -0.15) is 0 Å². The number of aliphatic carboxylic acids is 1. The predicted molar refractivity (Wildman–Crippen MR) is 41.8 cm³/mol. The summed E-state index contributed by atoms with van der Waals surface area (Å²) in [6, 6.07) is 0.278. The van der Waals surface area contributed by atoms with Crippen LogP contribution in [0.2, 0.25) is 0 Å². The molecule has 2 saturated heterocycles. The zero-order valence-electron chi connectivity index (χ0n) is 6.82. The van der Waals surface area contributed by atoms with Gasteiger partial charge in [0.2, 0.25) is 0 Å². The Morgan fingerprint density at radius 1 is 1.50 bits per heavy atom. The fourth-order valence-electron chi connectivity index (χ4n) is 2.12. The van der Waals surface area contributed by atoms with Gasteiger partial charge in [0.1, 0.15) is 0 Å². The Kier molecular flexibility index (Phi) is 2.02. The van der Waals surface area contributed by atoms with Crippen molar-refractivity contribution in [2.75, 3.05) is 19.8 Å². The number of hydrogen-bond acceptors (Lipinski definition) is 3. The lowest BCUT2D eigenvalue weighted by atomic mass is 9.83. The van der Waals surface area contributed by atoms with Gasteiger partial charge in [-0.05, 0) is 13.0 Å². The maximum Gasteiger partial charge on any atom is 0.306 e. The number of carbonyl (C=O) groups is 1. The second kappa shape index (κ2) is 3.03. The van der Waals surface area contributed by atoms with Crippen LogP contribution in [0.4, 0.5) is 0 Å². The highest BCUT2D eigenvalue weighted by molar-refractivity contribution is 5.70. The van der Waals surface area contributed by atoms with Crippen LogP contribution in [0.1, 0.15) is 6.42 Å². The number of piperidine rings is 1. The number of nitrogens with one attached hydrogen (secondary N) is 1. The molecule has 0 aromatic heterocycles. The smallest absolute Gasteiger partial charge is 0.306 e. The Bertz CT molecular complexity index is 195. The van der Waals surface area contributed by atoms with Gasteiger partial charge in [-0.25, -0.2) is 0 Å². The Hall–Kier alpha value is -0.610. The third-order valence-electron chi connectivity index (χ3n) is 2.82. The number of carboxylic acids is 1. The van der Waals surface area contributed by atoms with E-state index in [1.165, 1.54) is 0 Å². The van der Waals surface area contributed by atoms with E-state index in [1.54, 1.807) is 0 Å². The minimum atomic E-state index is -0.669. The van der Waals surface area contributed by atoms with Crippen molar-refractivity contribution in [3.8, 4) is 0 Å². The largest absolute Gasteiger partial charge is 0.481 e. The van der Waals surface area contributed by atoms with E-state index in [1.807, 2.05) is 0 Å². The average Bonchev–Trinajstić information content (AvgIpc) is 2.49. The lowest BCUT2D eigenvalue weighted by Gasteiger charge is -2.30. The zero-order chi connectivity index (χ0) is 8.55. The van der Waals surface area contributed by atoms with Crippen molar-refractivity contribution < 1.29 is 14.6 Å². The van der Waals surface area contributed by atoms with Crippen LogP contribution < -0.4 is 5.32 Å². The highest BCUT2D eigenvalue weighted by Crippen LogP contribution is 2.28. The number of carboxylic acid groups (broad SMARTS) is 1. The van der Waals surface area contributed by atoms with Crippen molar-refractivity contribution in [2.45, 2.75) is 12.5 Å². The van der Waals surface area contributed by atoms with Crippen LogP contribution in [0.3, 0.4) is 0 Å². The summed E-state index contributed by atoms with van der Waals surface area (Å²) in [6.45, 7) is 2.09. The van der Waals surface area contributed by atoms with Gasteiger partial charge in [0.05, 0.1) is 19.1 Å². The van der Waals surface area contributed by atoms with Gasteiger partial charge in [-0.15, -0.1) is 0 Å². The summed E-state index contributed by atoms with van der Waals surface area (Å²) in [5.41, 5.74) is 0. The molecule has 0 amide bonds. The minimum Gasteiger partial charge on any atom is -0.481 e. The average molecular weight is 171 g/mol. The normalized spacial score (nSPS) is 40.8. The molecule has 3 atom stereocenters. The van der Waals surface area contributed by atoms with Crippen LogP contribution in [0.25, 0.3) is 0 Å². The van der Waals surface area contributed by atoms with Crippen molar-refractivity contribution in [1.29, 1.82) is 0 Å². The van der Waals surface area contributed by atoms with Gasteiger partial charge in [-0.1, -0.05) is 0 Å². The van der Waals surface area contributed by atoms with Gasteiger partial charge in [0.15, 0.2) is 0 Å². The summed E-state index contributed by atoms with van der Waals surface area (Å²) >= 11 is 0. The van der Waals surface area contributed by atoms with E-state index in [0.29, 0.717) is 13.2 Å². The van der Waals surface area contributed by atoms with Gasteiger partial charge >= 0.3 is 5.97 Å². The SMILES string of the molecule is O=C(O)C1CCN[C@@H]2COC[C@@H]12. The molecule has 2 N–H and O–H groups in total. The highest BCUT2D eigenvalue weighted by atomic mass is 16.5. The van der Waals surface area contributed by atoms with Crippen molar-refractivity contribution in [3.05, 3.63) is 0 Å². The predicted octanol–water partition coefficient (Wildman–Crippen LogP) is -0.304. The summed E-state index contributed by atoms with van der Waals surface area (Å²) in [4.78, 5) is 10.8. The van der Waals surface area contributed by atoms with E-state index in [-0.39, 0.29) is 17.9 Å². The lowest BCUT2D eigenvalue weighted by molar-refractivity contribution is -0.144. The first-order chi connectivity index (χ1) is 5.79. The molecule has 0 saturated carbocycles. The standard InChI is InChI=1S/C8H13NO3/c10-8(11)5-1-2-9-7-4-12-3-6(5)7/h5-7,9H,1-4H2,(H,10,11)/t5?,6-,7+/m0/s1. The van der Waals surface area contributed by atoms with Gasteiger partial charge in [0, 0.05) is 12.0 Å². The molecule has 2 aliphatic heterocycles. The molecule has 1 unspecified atom stereocenters. The fraction of sp³-hybridized carbons (Fsp3) is 0.875. The molecular weight excluding hydrogens is 158 g/mol. The monoisotopic (exact) mass is 171 g/mol. The van der Waals surface area contributed by atoms with E-state index in [0.717, 1.165) is 13.0 Å². The minimum absolute atomic E-state index is 0.191. The quantitative estimate of drug-likeness (QED) is 0.568. The maximum absolute atomic E-state index is 10.8. The topological polar surface area (TPSA) is 58.6 Å². The second-order valence-electron chi connectivity index (χ2n) is 3.50. The van der Waals surface area contributed by atoms with Crippen LogP contribution in [0, 0.1) is 11.8 Å². The molecule has 0 radical (unpaired) electrons. The third-order valence-corrected chi connectivity index (χ3v) is 2.82. The second-order valence-corrected chi connectivity index (χ2v) is 3.50. The van der Waals surface area contributed by atoms with Gasteiger partial charge in [0.25, 0.3) is 0 Å². The number of rotatable bonds is 1. The molecular formula is C8H13NO3.